The Balaban J connectivity index is 1.44. The summed E-state index contributed by atoms with van der Waals surface area (Å²) in [6.45, 7) is 5.55. The molecule has 0 unspecified atom stereocenters. The summed E-state index contributed by atoms with van der Waals surface area (Å²) < 4.78 is 0. The van der Waals surface area contributed by atoms with Gasteiger partial charge >= 0.3 is 0 Å². The molecule has 26 heavy (non-hydrogen) atoms. The summed E-state index contributed by atoms with van der Waals surface area (Å²) in [5.74, 6) is 2.34. The van der Waals surface area contributed by atoms with Crippen molar-refractivity contribution in [1.82, 2.24) is 19.9 Å². The number of hydrogen-bond acceptors (Lipinski definition) is 7. The average Bonchev–Trinajstić information content (AvgIpc) is 2.71. The first-order chi connectivity index (χ1) is 12.8. The first-order valence-corrected chi connectivity index (χ1v) is 8.72. The predicted molar refractivity (Wildman–Crippen MR) is 103 cm³/mol. The van der Waals surface area contributed by atoms with Crippen LogP contribution in [-0.2, 0) is 0 Å². The van der Waals surface area contributed by atoms with Crippen LogP contribution in [0.15, 0.2) is 55.0 Å². The Morgan fingerprint density at radius 2 is 1.54 bits per heavy atom. The van der Waals surface area contributed by atoms with Gasteiger partial charge in [-0.1, -0.05) is 18.2 Å². The van der Waals surface area contributed by atoms with Gasteiger partial charge < -0.3 is 15.1 Å². The van der Waals surface area contributed by atoms with Crippen LogP contribution < -0.4 is 15.1 Å². The van der Waals surface area contributed by atoms with Gasteiger partial charge in [-0.25, -0.2) is 15.0 Å². The molecule has 3 heterocycles. The van der Waals surface area contributed by atoms with Crippen LogP contribution in [0.3, 0.4) is 0 Å². The Hall–Kier alpha value is -3.22. The lowest BCUT2D eigenvalue weighted by atomic mass is 10.2. The number of para-hydroxylation sites is 1. The van der Waals surface area contributed by atoms with Crippen LogP contribution in [0.1, 0.15) is 5.56 Å². The fourth-order valence-electron chi connectivity index (χ4n) is 3.01. The summed E-state index contributed by atoms with van der Waals surface area (Å²) in [6.07, 6.45) is 5.36. The van der Waals surface area contributed by atoms with Gasteiger partial charge in [0.05, 0.1) is 0 Å². The molecule has 1 saturated heterocycles. The highest BCUT2D eigenvalue weighted by Crippen LogP contribution is 2.20. The van der Waals surface area contributed by atoms with E-state index in [9.17, 15) is 0 Å². The molecular formula is C19H21N7. The quantitative estimate of drug-likeness (QED) is 0.778. The highest BCUT2D eigenvalue weighted by Gasteiger charge is 2.20. The molecular weight excluding hydrogens is 326 g/mol. The normalized spacial score (nSPS) is 14.3. The Morgan fingerprint density at radius 3 is 2.31 bits per heavy atom. The summed E-state index contributed by atoms with van der Waals surface area (Å²) in [4.78, 5) is 22.2. The van der Waals surface area contributed by atoms with Gasteiger partial charge in [0.15, 0.2) is 0 Å². The van der Waals surface area contributed by atoms with Gasteiger partial charge in [0.25, 0.3) is 0 Å². The summed E-state index contributed by atoms with van der Waals surface area (Å²) >= 11 is 0. The van der Waals surface area contributed by atoms with Crippen LogP contribution in [0, 0.1) is 6.92 Å². The minimum atomic E-state index is 0.616. The van der Waals surface area contributed by atoms with Crippen molar-refractivity contribution in [3.05, 3.63) is 60.6 Å². The molecule has 0 atom stereocenters. The smallest absolute Gasteiger partial charge is 0.229 e. The molecule has 7 heteroatoms. The lowest BCUT2D eigenvalue weighted by Gasteiger charge is -2.35. The van der Waals surface area contributed by atoms with E-state index in [4.69, 9.17) is 0 Å². The van der Waals surface area contributed by atoms with Gasteiger partial charge in [-0.2, -0.15) is 4.98 Å². The van der Waals surface area contributed by atoms with Gasteiger partial charge in [0.2, 0.25) is 11.9 Å². The molecule has 132 valence electrons. The van der Waals surface area contributed by atoms with Gasteiger partial charge in [-0.05, 0) is 30.7 Å². The van der Waals surface area contributed by atoms with E-state index in [2.05, 4.69) is 48.0 Å². The van der Waals surface area contributed by atoms with E-state index in [0.29, 0.717) is 5.95 Å². The average molecular weight is 347 g/mol. The zero-order valence-corrected chi connectivity index (χ0v) is 14.7. The molecule has 0 saturated carbocycles. The van der Waals surface area contributed by atoms with E-state index in [1.54, 1.807) is 18.6 Å². The standard InChI is InChI=1S/C19H21N7/c1-15-5-2-3-6-16(15)23-18-20-10-7-17(24-18)25-11-13-26(14-12-25)19-21-8-4-9-22-19/h2-10H,11-14H2,1H3,(H,20,23,24). The fourth-order valence-corrected chi connectivity index (χ4v) is 3.01. The third kappa shape index (κ3) is 3.56. The number of aromatic nitrogens is 4. The van der Waals surface area contributed by atoms with E-state index in [-0.39, 0.29) is 0 Å². The molecule has 0 amide bonds. The van der Waals surface area contributed by atoms with Crippen LogP contribution in [0.2, 0.25) is 0 Å². The lowest BCUT2D eigenvalue weighted by Crippen LogP contribution is -2.47. The molecule has 2 aromatic heterocycles. The summed E-state index contributed by atoms with van der Waals surface area (Å²) in [7, 11) is 0. The molecule has 7 nitrogen and oxygen atoms in total. The number of anilines is 4. The minimum Gasteiger partial charge on any atom is -0.353 e. The number of hydrogen-bond donors (Lipinski definition) is 1. The second kappa shape index (κ2) is 7.35. The number of benzene rings is 1. The Labute approximate surface area is 152 Å². The summed E-state index contributed by atoms with van der Waals surface area (Å²) in [6, 6.07) is 11.9. The third-order valence-corrected chi connectivity index (χ3v) is 4.47. The van der Waals surface area contributed by atoms with Crippen molar-refractivity contribution in [2.75, 3.05) is 41.3 Å². The molecule has 1 aliphatic rings. The van der Waals surface area contributed by atoms with Gasteiger partial charge in [0, 0.05) is 50.5 Å². The molecule has 0 spiro atoms. The van der Waals surface area contributed by atoms with Crippen LogP contribution in [0.5, 0.6) is 0 Å². The number of piperazine rings is 1. The molecule has 4 rings (SSSR count). The molecule has 1 aromatic carbocycles. The van der Waals surface area contributed by atoms with E-state index in [0.717, 1.165) is 49.2 Å². The molecule has 1 fully saturated rings. The largest absolute Gasteiger partial charge is 0.353 e. The van der Waals surface area contributed by atoms with Crippen LogP contribution in [0.4, 0.5) is 23.4 Å². The number of nitrogens with one attached hydrogen (secondary N) is 1. The summed E-state index contributed by atoms with van der Waals surface area (Å²) in [5, 5.41) is 3.31. The summed E-state index contributed by atoms with van der Waals surface area (Å²) in [5.41, 5.74) is 2.19. The molecule has 0 radical (unpaired) electrons. The maximum absolute atomic E-state index is 4.68. The van der Waals surface area contributed by atoms with Crippen LogP contribution >= 0.6 is 0 Å². The molecule has 0 aliphatic carbocycles. The van der Waals surface area contributed by atoms with E-state index in [1.165, 1.54) is 0 Å². The number of rotatable bonds is 4. The van der Waals surface area contributed by atoms with Gasteiger partial charge in [-0.3, -0.25) is 0 Å². The maximum Gasteiger partial charge on any atom is 0.229 e. The van der Waals surface area contributed by atoms with Crippen LogP contribution in [-0.4, -0.2) is 46.1 Å². The highest BCUT2D eigenvalue weighted by molar-refractivity contribution is 5.59. The fraction of sp³-hybridized carbons (Fsp3) is 0.263. The van der Waals surface area contributed by atoms with Crippen LogP contribution in [0.25, 0.3) is 0 Å². The second-order valence-corrected chi connectivity index (χ2v) is 6.20. The Morgan fingerprint density at radius 1 is 0.808 bits per heavy atom. The second-order valence-electron chi connectivity index (χ2n) is 6.20. The van der Waals surface area contributed by atoms with Crippen molar-refractivity contribution >= 4 is 23.4 Å². The maximum atomic E-state index is 4.68. The predicted octanol–water partition coefficient (Wildman–Crippen LogP) is 2.65. The highest BCUT2D eigenvalue weighted by atomic mass is 15.3. The van der Waals surface area contributed by atoms with Crippen molar-refractivity contribution in [2.45, 2.75) is 6.92 Å². The molecule has 1 aliphatic heterocycles. The van der Waals surface area contributed by atoms with Crippen molar-refractivity contribution in [2.24, 2.45) is 0 Å². The molecule has 0 bridgehead atoms. The molecule has 3 aromatic rings. The monoisotopic (exact) mass is 347 g/mol. The van der Waals surface area contributed by atoms with E-state index < -0.39 is 0 Å². The SMILES string of the molecule is Cc1ccccc1Nc1nccc(N2CCN(c3ncccn3)CC2)n1. The zero-order chi connectivity index (χ0) is 17.8. The zero-order valence-electron chi connectivity index (χ0n) is 14.7. The Kier molecular flexibility index (Phi) is 4.59. The Bertz CT molecular complexity index is 861. The molecule has 1 N–H and O–H groups in total. The van der Waals surface area contributed by atoms with Crippen molar-refractivity contribution in [1.29, 1.82) is 0 Å². The van der Waals surface area contributed by atoms with Crippen molar-refractivity contribution in [3.8, 4) is 0 Å². The number of nitrogens with zero attached hydrogens (tertiary/aromatic N) is 6. The number of aryl methyl sites for hydroxylation is 1. The van der Waals surface area contributed by atoms with E-state index in [1.807, 2.05) is 30.3 Å². The van der Waals surface area contributed by atoms with E-state index >= 15 is 0 Å². The first-order valence-electron chi connectivity index (χ1n) is 8.72. The van der Waals surface area contributed by atoms with Gasteiger partial charge in [0.1, 0.15) is 5.82 Å². The van der Waals surface area contributed by atoms with Crippen molar-refractivity contribution < 1.29 is 0 Å². The lowest BCUT2D eigenvalue weighted by molar-refractivity contribution is 0.634. The first kappa shape index (κ1) is 16.3. The third-order valence-electron chi connectivity index (χ3n) is 4.47. The minimum absolute atomic E-state index is 0.616. The van der Waals surface area contributed by atoms with Crippen molar-refractivity contribution in [3.63, 3.8) is 0 Å². The topological polar surface area (TPSA) is 70.1 Å². The van der Waals surface area contributed by atoms with Gasteiger partial charge in [-0.15, -0.1) is 0 Å².